The van der Waals surface area contributed by atoms with Crippen LogP contribution in [0.4, 0.5) is 5.69 Å². The number of rotatable bonds is 4. The molecule has 0 saturated heterocycles. The van der Waals surface area contributed by atoms with Gasteiger partial charge in [-0.25, -0.2) is 9.19 Å². The zero-order valence-electron chi connectivity index (χ0n) is 15.5. The summed E-state index contributed by atoms with van der Waals surface area (Å²) in [5.74, 6) is 0.500. The van der Waals surface area contributed by atoms with Gasteiger partial charge >= 0.3 is 0 Å². The minimum atomic E-state index is -1.33. The van der Waals surface area contributed by atoms with Gasteiger partial charge in [-0.15, -0.1) is 0 Å². The Hall–Kier alpha value is -2.12. The lowest BCUT2D eigenvalue weighted by Gasteiger charge is -2.29. The van der Waals surface area contributed by atoms with Gasteiger partial charge in [0.1, 0.15) is 23.3 Å². The predicted molar refractivity (Wildman–Crippen MR) is 108 cm³/mol. The first-order valence-electron chi connectivity index (χ1n) is 8.59. The summed E-state index contributed by atoms with van der Waals surface area (Å²) in [5.41, 5.74) is 1.53. The number of pyridine rings is 1. The molecule has 6 nitrogen and oxygen atoms in total. The lowest BCUT2D eigenvalue weighted by atomic mass is 10.1. The minimum Gasteiger partial charge on any atom is -0.474 e. The fourth-order valence-corrected chi connectivity index (χ4v) is 4.01. The molecule has 0 aliphatic carbocycles. The highest BCUT2D eigenvalue weighted by molar-refractivity contribution is 7.85. The van der Waals surface area contributed by atoms with E-state index in [0.717, 1.165) is 5.56 Å². The van der Waals surface area contributed by atoms with Crippen LogP contribution in [-0.4, -0.2) is 33.8 Å². The lowest BCUT2D eigenvalue weighted by Crippen LogP contribution is -2.41. The van der Waals surface area contributed by atoms with E-state index in [2.05, 4.69) is 10.3 Å². The summed E-state index contributed by atoms with van der Waals surface area (Å²) in [6.45, 7) is 6.58. The Kier molecular flexibility index (Phi) is 5.72. The molecule has 1 amide bonds. The number of anilines is 1. The van der Waals surface area contributed by atoms with E-state index in [-0.39, 0.29) is 11.4 Å². The van der Waals surface area contributed by atoms with E-state index >= 15 is 0 Å². The second-order valence-corrected chi connectivity index (χ2v) is 9.10. The van der Waals surface area contributed by atoms with Crippen molar-refractivity contribution in [1.29, 1.82) is 0 Å². The second-order valence-electron chi connectivity index (χ2n) is 7.30. The Labute approximate surface area is 166 Å². The molecule has 1 unspecified atom stereocenters. The van der Waals surface area contributed by atoms with Gasteiger partial charge in [-0.3, -0.25) is 9.10 Å². The van der Waals surface area contributed by atoms with E-state index in [1.165, 1.54) is 6.20 Å². The molecule has 1 aliphatic rings. The lowest BCUT2D eigenvalue weighted by molar-refractivity contribution is 0.0919. The molecule has 0 spiro atoms. The third-order valence-corrected chi connectivity index (χ3v) is 5.54. The molecular formula is C19H22ClN3O3S. The first kappa shape index (κ1) is 19.6. The number of carbonyl (C=O) groups is 1. The van der Waals surface area contributed by atoms with Crippen LogP contribution >= 0.6 is 11.6 Å². The SMILES string of the molecule is CC(C)(C)NC(=O)c1cnc2c(c1)N(S(=O)Cc1ccc(Cl)cc1)CCO2. The van der Waals surface area contributed by atoms with Crippen LogP contribution in [0, 0.1) is 0 Å². The maximum atomic E-state index is 12.9. The summed E-state index contributed by atoms with van der Waals surface area (Å²) >= 11 is 5.91. The molecule has 1 N–H and O–H groups in total. The molecule has 0 radical (unpaired) electrons. The summed E-state index contributed by atoms with van der Waals surface area (Å²) < 4.78 is 20.2. The third-order valence-electron chi connectivity index (χ3n) is 3.83. The third kappa shape index (κ3) is 4.99. The molecular weight excluding hydrogens is 386 g/mol. The van der Waals surface area contributed by atoms with Crippen LogP contribution < -0.4 is 14.4 Å². The summed E-state index contributed by atoms with van der Waals surface area (Å²) in [5, 5.41) is 3.54. The van der Waals surface area contributed by atoms with E-state index < -0.39 is 11.0 Å². The molecule has 1 aromatic carbocycles. The number of carbonyl (C=O) groups excluding carboxylic acids is 1. The van der Waals surface area contributed by atoms with Gasteiger partial charge in [0.05, 0.1) is 17.9 Å². The number of fused-ring (bicyclic) bond motifs is 1. The van der Waals surface area contributed by atoms with Gasteiger partial charge in [0, 0.05) is 16.8 Å². The van der Waals surface area contributed by atoms with Crippen molar-refractivity contribution < 1.29 is 13.7 Å². The van der Waals surface area contributed by atoms with Gasteiger partial charge < -0.3 is 10.1 Å². The molecule has 1 aliphatic heterocycles. The maximum Gasteiger partial charge on any atom is 0.253 e. The van der Waals surface area contributed by atoms with Crippen molar-refractivity contribution in [2.24, 2.45) is 0 Å². The highest BCUT2D eigenvalue weighted by Crippen LogP contribution is 2.32. The fraction of sp³-hybridized carbons (Fsp3) is 0.368. The van der Waals surface area contributed by atoms with Crippen molar-refractivity contribution in [3.8, 4) is 5.88 Å². The summed E-state index contributed by atoms with van der Waals surface area (Å²) in [6.07, 6.45) is 1.48. The molecule has 1 atom stereocenters. The number of nitrogens with zero attached hydrogens (tertiary/aromatic N) is 2. The van der Waals surface area contributed by atoms with Crippen molar-refractivity contribution in [2.75, 3.05) is 17.5 Å². The number of hydrogen-bond acceptors (Lipinski definition) is 4. The second kappa shape index (κ2) is 7.86. The zero-order valence-corrected chi connectivity index (χ0v) is 17.1. The number of hydrogen-bond donors (Lipinski definition) is 1. The van der Waals surface area contributed by atoms with Crippen LogP contribution in [0.1, 0.15) is 36.7 Å². The van der Waals surface area contributed by atoms with Crippen LogP contribution in [0.2, 0.25) is 5.02 Å². The van der Waals surface area contributed by atoms with E-state index in [9.17, 15) is 9.00 Å². The molecule has 27 heavy (non-hydrogen) atoms. The molecule has 0 fully saturated rings. The molecule has 2 aromatic rings. The van der Waals surface area contributed by atoms with Crippen molar-refractivity contribution in [1.82, 2.24) is 10.3 Å². The van der Waals surface area contributed by atoms with Crippen molar-refractivity contribution in [3.05, 3.63) is 52.7 Å². The van der Waals surface area contributed by atoms with E-state index in [0.29, 0.717) is 41.1 Å². The highest BCUT2D eigenvalue weighted by Gasteiger charge is 2.26. The quantitative estimate of drug-likeness (QED) is 0.843. The Morgan fingerprint density at radius 1 is 1.33 bits per heavy atom. The minimum absolute atomic E-state index is 0.230. The molecule has 0 bridgehead atoms. The predicted octanol–water partition coefficient (Wildman–Crippen LogP) is 3.33. The summed E-state index contributed by atoms with van der Waals surface area (Å²) in [4.78, 5) is 16.7. The van der Waals surface area contributed by atoms with Crippen LogP contribution in [0.3, 0.4) is 0 Å². The van der Waals surface area contributed by atoms with E-state index in [1.807, 2.05) is 32.9 Å². The number of aromatic nitrogens is 1. The molecule has 0 saturated carbocycles. The maximum absolute atomic E-state index is 12.9. The summed E-state index contributed by atoms with van der Waals surface area (Å²) in [7, 11) is -1.33. The average molecular weight is 408 g/mol. The number of benzene rings is 1. The van der Waals surface area contributed by atoms with Gasteiger partial charge in [-0.2, -0.15) is 0 Å². The number of nitrogens with one attached hydrogen (secondary N) is 1. The summed E-state index contributed by atoms with van der Waals surface area (Å²) in [6, 6.07) is 8.94. The van der Waals surface area contributed by atoms with Gasteiger partial charge in [0.25, 0.3) is 5.91 Å². The van der Waals surface area contributed by atoms with Gasteiger partial charge in [-0.05, 0) is 44.5 Å². The van der Waals surface area contributed by atoms with Crippen LogP contribution in [-0.2, 0) is 16.7 Å². The smallest absolute Gasteiger partial charge is 0.253 e. The average Bonchev–Trinajstić information content (AvgIpc) is 2.61. The largest absolute Gasteiger partial charge is 0.474 e. The highest BCUT2D eigenvalue weighted by atomic mass is 35.5. The van der Waals surface area contributed by atoms with Crippen LogP contribution in [0.25, 0.3) is 0 Å². The standard InChI is InChI=1S/C19H22ClN3O3S/c1-19(2,3)22-17(24)14-10-16-18(21-11-14)26-9-8-23(16)27(25)12-13-4-6-15(20)7-5-13/h4-7,10-11H,8-9,12H2,1-3H3,(H,22,24). The first-order valence-corrected chi connectivity index (χ1v) is 10.2. The Balaban J connectivity index is 1.83. The molecule has 3 rings (SSSR count). The van der Waals surface area contributed by atoms with Gasteiger partial charge in [0.15, 0.2) is 0 Å². The van der Waals surface area contributed by atoms with Crippen molar-refractivity contribution in [2.45, 2.75) is 32.1 Å². The Morgan fingerprint density at radius 3 is 2.70 bits per heavy atom. The first-order chi connectivity index (χ1) is 12.7. The van der Waals surface area contributed by atoms with Crippen LogP contribution in [0.5, 0.6) is 5.88 Å². The topological polar surface area (TPSA) is 71.5 Å². The van der Waals surface area contributed by atoms with Crippen molar-refractivity contribution >= 4 is 34.2 Å². The number of halogens is 1. The molecule has 144 valence electrons. The molecule has 1 aromatic heterocycles. The normalized spacial score (nSPS) is 14.9. The molecule has 2 heterocycles. The monoisotopic (exact) mass is 407 g/mol. The van der Waals surface area contributed by atoms with Gasteiger partial charge in [0.2, 0.25) is 5.88 Å². The van der Waals surface area contributed by atoms with Crippen LogP contribution in [0.15, 0.2) is 36.5 Å². The van der Waals surface area contributed by atoms with Crippen molar-refractivity contribution in [3.63, 3.8) is 0 Å². The Morgan fingerprint density at radius 2 is 2.04 bits per heavy atom. The zero-order chi connectivity index (χ0) is 19.6. The van der Waals surface area contributed by atoms with E-state index in [1.54, 1.807) is 22.5 Å². The Bertz CT molecular complexity index is 865. The number of amides is 1. The molecule has 8 heteroatoms. The number of ether oxygens (including phenoxy) is 1. The van der Waals surface area contributed by atoms with Gasteiger partial charge in [-0.1, -0.05) is 23.7 Å². The van der Waals surface area contributed by atoms with E-state index in [4.69, 9.17) is 16.3 Å². The fourth-order valence-electron chi connectivity index (χ4n) is 2.63.